The molecule has 0 spiro atoms. The molecule has 0 aliphatic heterocycles. The summed E-state index contributed by atoms with van der Waals surface area (Å²) >= 11 is 3.65. The van der Waals surface area contributed by atoms with Crippen LogP contribution in [-0.2, 0) is 0 Å². The van der Waals surface area contributed by atoms with Crippen LogP contribution in [0.5, 0.6) is 0 Å². The molecule has 1 fully saturated rings. The lowest BCUT2D eigenvalue weighted by Crippen LogP contribution is -2.09. The van der Waals surface area contributed by atoms with Gasteiger partial charge in [0.2, 0.25) is 5.95 Å². The topological polar surface area (TPSA) is 37.8 Å². The summed E-state index contributed by atoms with van der Waals surface area (Å²) in [4.78, 5) is 10.4. The van der Waals surface area contributed by atoms with E-state index in [2.05, 4.69) is 28.7 Å². The highest BCUT2D eigenvalue weighted by Crippen LogP contribution is 2.37. The van der Waals surface area contributed by atoms with Gasteiger partial charge in [0, 0.05) is 17.2 Å². The number of rotatable bonds is 4. The maximum Gasteiger partial charge on any atom is 0.225 e. The van der Waals surface area contributed by atoms with Crippen molar-refractivity contribution in [3.8, 4) is 0 Å². The Kier molecular flexibility index (Phi) is 4.23. The van der Waals surface area contributed by atoms with Gasteiger partial charge in [0.1, 0.15) is 9.86 Å². The van der Waals surface area contributed by atoms with Crippen LogP contribution in [0.15, 0.2) is 16.5 Å². The van der Waals surface area contributed by atoms with Crippen LogP contribution in [0.1, 0.15) is 39.0 Å². The maximum atomic E-state index is 4.70. The first kappa shape index (κ1) is 13.2. The fraction of sp³-hybridized carbons (Fsp3) is 0.571. The van der Waals surface area contributed by atoms with E-state index in [1.807, 2.05) is 11.8 Å². The van der Waals surface area contributed by atoms with E-state index in [1.54, 1.807) is 11.3 Å². The summed E-state index contributed by atoms with van der Waals surface area (Å²) in [7, 11) is 0. The van der Waals surface area contributed by atoms with Crippen molar-refractivity contribution in [2.45, 2.75) is 49.3 Å². The van der Waals surface area contributed by atoms with Crippen molar-refractivity contribution in [3.63, 3.8) is 0 Å². The van der Waals surface area contributed by atoms with Crippen molar-refractivity contribution in [3.05, 3.63) is 11.4 Å². The molecule has 102 valence electrons. The third kappa shape index (κ3) is 3.03. The zero-order valence-electron chi connectivity index (χ0n) is 11.2. The first-order valence-corrected chi connectivity index (χ1v) is 8.78. The minimum atomic E-state index is 0.737. The summed E-state index contributed by atoms with van der Waals surface area (Å²) in [6, 6.07) is 2.15. The Hall–Kier alpha value is -0.810. The lowest BCUT2D eigenvalue weighted by Gasteiger charge is -2.20. The second-order valence-electron chi connectivity index (χ2n) is 4.90. The number of anilines is 1. The number of hydrogen-bond donors (Lipinski definition) is 1. The number of nitrogens with zero attached hydrogens (tertiary/aromatic N) is 2. The molecule has 3 nitrogen and oxygen atoms in total. The van der Waals surface area contributed by atoms with Crippen molar-refractivity contribution in [1.29, 1.82) is 0 Å². The van der Waals surface area contributed by atoms with Gasteiger partial charge in [0.05, 0.1) is 0 Å². The Bertz CT molecular complexity index is 547. The Balaban J connectivity index is 1.88. The highest BCUT2D eigenvalue weighted by atomic mass is 32.2. The van der Waals surface area contributed by atoms with Gasteiger partial charge in [-0.2, -0.15) is 0 Å². The normalized spacial score (nSPS) is 16.9. The Morgan fingerprint density at radius 3 is 2.95 bits per heavy atom. The van der Waals surface area contributed by atoms with E-state index in [9.17, 15) is 0 Å². The van der Waals surface area contributed by atoms with Gasteiger partial charge < -0.3 is 5.32 Å². The second-order valence-corrected chi connectivity index (χ2v) is 7.08. The molecule has 19 heavy (non-hydrogen) atoms. The van der Waals surface area contributed by atoms with Gasteiger partial charge in [-0.1, -0.05) is 19.3 Å². The van der Waals surface area contributed by atoms with Crippen LogP contribution in [0.2, 0.25) is 0 Å². The van der Waals surface area contributed by atoms with E-state index in [0.29, 0.717) is 0 Å². The van der Waals surface area contributed by atoms with Gasteiger partial charge in [-0.15, -0.1) is 23.1 Å². The molecule has 2 heterocycles. The fourth-order valence-corrected chi connectivity index (χ4v) is 4.64. The van der Waals surface area contributed by atoms with Gasteiger partial charge in [-0.05, 0) is 31.2 Å². The van der Waals surface area contributed by atoms with Crippen LogP contribution in [0.25, 0.3) is 10.2 Å². The van der Waals surface area contributed by atoms with Crippen molar-refractivity contribution in [2.75, 3.05) is 11.9 Å². The number of hydrogen-bond acceptors (Lipinski definition) is 5. The molecule has 2 aromatic rings. The molecule has 1 aliphatic rings. The van der Waals surface area contributed by atoms with E-state index in [0.717, 1.165) is 27.6 Å². The Morgan fingerprint density at radius 1 is 1.32 bits per heavy atom. The summed E-state index contributed by atoms with van der Waals surface area (Å²) < 4.78 is 0. The van der Waals surface area contributed by atoms with E-state index in [1.165, 1.54) is 37.5 Å². The predicted molar refractivity (Wildman–Crippen MR) is 84.3 cm³/mol. The van der Waals surface area contributed by atoms with Crippen LogP contribution in [0.3, 0.4) is 0 Å². The molecule has 0 bridgehead atoms. The van der Waals surface area contributed by atoms with E-state index < -0.39 is 0 Å². The molecule has 0 atom stereocenters. The molecule has 0 saturated heterocycles. The predicted octanol–water partition coefficient (Wildman–Crippen LogP) is 4.55. The van der Waals surface area contributed by atoms with Gasteiger partial charge in [-0.3, -0.25) is 0 Å². The largest absolute Gasteiger partial charge is 0.354 e. The summed E-state index contributed by atoms with van der Waals surface area (Å²) in [5.74, 6) is 0.774. The second kappa shape index (κ2) is 6.09. The lowest BCUT2D eigenvalue weighted by atomic mass is 10.0. The van der Waals surface area contributed by atoms with Crippen molar-refractivity contribution >= 4 is 39.3 Å². The van der Waals surface area contributed by atoms with Crippen LogP contribution < -0.4 is 5.32 Å². The number of aromatic nitrogens is 2. The smallest absolute Gasteiger partial charge is 0.225 e. The van der Waals surface area contributed by atoms with Gasteiger partial charge >= 0.3 is 0 Å². The summed E-state index contributed by atoms with van der Waals surface area (Å²) in [6.07, 6.45) is 6.80. The number of fused-ring (bicyclic) bond motifs is 1. The maximum absolute atomic E-state index is 4.70. The molecule has 3 rings (SSSR count). The number of nitrogens with one attached hydrogen (secondary N) is 1. The molecule has 1 N–H and O–H groups in total. The SMILES string of the molecule is CCNc1nc(SC2CCCCC2)c2ccsc2n1. The van der Waals surface area contributed by atoms with E-state index in [-0.39, 0.29) is 0 Å². The zero-order valence-corrected chi connectivity index (χ0v) is 12.8. The van der Waals surface area contributed by atoms with Gasteiger partial charge in [-0.25, -0.2) is 9.97 Å². The quantitative estimate of drug-likeness (QED) is 0.839. The standard InChI is InChI=1S/C14H19N3S2/c1-2-15-14-16-12-11(8-9-18-12)13(17-14)19-10-6-4-3-5-7-10/h8-10H,2-7H2,1H3,(H,15,16,17). The fourth-order valence-electron chi connectivity index (χ4n) is 2.50. The van der Waals surface area contributed by atoms with E-state index in [4.69, 9.17) is 4.98 Å². The first-order chi connectivity index (χ1) is 9.36. The molecule has 0 unspecified atom stereocenters. The summed E-state index contributed by atoms with van der Waals surface area (Å²) in [6.45, 7) is 2.94. The summed E-state index contributed by atoms with van der Waals surface area (Å²) in [5.41, 5.74) is 0. The lowest BCUT2D eigenvalue weighted by molar-refractivity contribution is 0.516. The van der Waals surface area contributed by atoms with Gasteiger partial charge in [0.15, 0.2) is 0 Å². The highest BCUT2D eigenvalue weighted by molar-refractivity contribution is 8.00. The highest BCUT2D eigenvalue weighted by Gasteiger charge is 2.18. The third-order valence-corrected chi connectivity index (χ3v) is 5.60. The number of thioether (sulfide) groups is 1. The molecule has 0 aromatic carbocycles. The van der Waals surface area contributed by atoms with Crippen LogP contribution >= 0.6 is 23.1 Å². The molecule has 1 saturated carbocycles. The van der Waals surface area contributed by atoms with Crippen LogP contribution in [0, 0.1) is 0 Å². The van der Waals surface area contributed by atoms with Crippen molar-refractivity contribution < 1.29 is 0 Å². The molecular formula is C14H19N3S2. The van der Waals surface area contributed by atoms with Crippen molar-refractivity contribution in [1.82, 2.24) is 9.97 Å². The Morgan fingerprint density at radius 2 is 2.16 bits per heavy atom. The van der Waals surface area contributed by atoms with Crippen LogP contribution in [0.4, 0.5) is 5.95 Å². The first-order valence-electron chi connectivity index (χ1n) is 7.02. The molecule has 0 radical (unpaired) electrons. The molecule has 1 aliphatic carbocycles. The van der Waals surface area contributed by atoms with Gasteiger partial charge in [0.25, 0.3) is 0 Å². The average Bonchev–Trinajstić information content (AvgIpc) is 2.89. The molecule has 0 amide bonds. The average molecular weight is 293 g/mol. The molecular weight excluding hydrogens is 274 g/mol. The van der Waals surface area contributed by atoms with Crippen LogP contribution in [-0.4, -0.2) is 21.8 Å². The third-order valence-electron chi connectivity index (χ3n) is 3.46. The Labute approximate surface area is 122 Å². The van der Waals surface area contributed by atoms with Crippen molar-refractivity contribution in [2.24, 2.45) is 0 Å². The van der Waals surface area contributed by atoms with E-state index >= 15 is 0 Å². The minimum absolute atomic E-state index is 0.737. The zero-order chi connectivity index (χ0) is 13.1. The minimum Gasteiger partial charge on any atom is -0.354 e. The molecule has 5 heteroatoms. The number of thiophene rings is 1. The monoisotopic (exact) mass is 293 g/mol. The summed E-state index contributed by atoms with van der Waals surface area (Å²) in [5, 5.41) is 8.47. The molecule has 2 aromatic heterocycles.